The zero-order valence-electron chi connectivity index (χ0n) is 15.8. The predicted octanol–water partition coefficient (Wildman–Crippen LogP) is 4.77. The van der Waals surface area contributed by atoms with Gasteiger partial charge in [-0.25, -0.2) is 0 Å². The highest BCUT2D eigenvalue weighted by molar-refractivity contribution is 5.69. The molecule has 0 aromatic heterocycles. The minimum absolute atomic E-state index is 0.0423. The Hall–Kier alpha value is -0.610. The van der Waals surface area contributed by atoms with Crippen molar-refractivity contribution in [1.29, 1.82) is 0 Å². The Kier molecular flexibility index (Phi) is 12.2. The van der Waals surface area contributed by atoms with E-state index < -0.39 is 0 Å². The predicted molar refractivity (Wildman–Crippen MR) is 97.0 cm³/mol. The number of aliphatic hydroxyl groups excluding tert-OH is 1. The van der Waals surface area contributed by atoms with Gasteiger partial charge in [-0.3, -0.25) is 4.79 Å². The van der Waals surface area contributed by atoms with E-state index in [2.05, 4.69) is 6.92 Å². The van der Waals surface area contributed by atoms with Crippen molar-refractivity contribution in [1.82, 2.24) is 0 Å². The van der Waals surface area contributed by atoms with Crippen molar-refractivity contribution < 1.29 is 19.4 Å². The van der Waals surface area contributed by atoms with Gasteiger partial charge in [-0.15, -0.1) is 0 Å². The van der Waals surface area contributed by atoms with Crippen LogP contribution in [0.3, 0.4) is 0 Å². The third-order valence-electron chi connectivity index (χ3n) is 4.86. The van der Waals surface area contributed by atoms with Crippen molar-refractivity contribution in [3.63, 3.8) is 0 Å². The van der Waals surface area contributed by atoms with Gasteiger partial charge < -0.3 is 14.6 Å². The summed E-state index contributed by atoms with van der Waals surface area (Å²) >= 11 is 0. The van der Waals surface area contributed by atoms with E-state index in [0.29, 0.717) is 13.0 Å². The largest absolute Gasteiger partial charge is 0.466 e. The van der Waals surface area contributed by atoms with Gasteiger partial charge in [-0.05, 0) is 26.2 Å². The smallest absolute Gasteiger partial charge is 0.305 e. The van der Waals surface area contributed by atoms with Crippen molar-refractivity contribution in [2.24, 2.45) is 0 Å². The second-order valence-corrected chi connectivity index (χ2v) is 7.06. The lowest BCUT2D eigenvalue weighted by Gasteiger charge is -2.14. The molecular weight excluding hydrogens is 304 g/mol. The molecule has 3 atom stereocenters. The average Bonchev–Trinajstić information content (AvgIpc) is 2.91. The summed E-state index contributed by atoms with van der Waals surface area (Å²) in [4.78, 5) is 11.2. The number of carbonyl (C=O) groups is 1. The number of esters is 1. The zero-order chi connectivity index (χ0) is 17.6. The van der Waals surface area contributed by atoms with E-state index in [1.54, 1.807) is 0 Å². The number of unbranched alkanes of at least 4 members (excludes halogenated alkanes) is 7. The maximum atomic E-state index is 11.2. The van der Waals surface area contributed by atoms with Gasteiger partial charge in [0.25, 0.3) is 0 Å². The van der Waals surface area contributed by atoms with Gasteiger partial charge in [0.15, 0.2) is 0 Å². The second kappa shape index (κ2) is 13.7. The lowest BCUT2D eigenvalue weighted by Crippen LogP contribution is -2.20. The normalized spacial score (nSPS) is 23.5. The number of ether oxygens (including phenoxy) is 2. The second-order valence-electron chi connectivity index (χ2n) is 7.06. The van der Waals surface area contributed by atoms with Crippen LogP contribution in [0.5, 0.6) is 0 Å². The third kappa shape index (κ3) is 9.63. The summed E-state index contributed by atoms with van der Waals surface area (Å²) in [5.41, 5.74) is 0. The van der Waals surface area contributed by atoms with Gasteiger partial charge in [-0.1, -0.05) is 58.3 Å². The maximum absolute atomic E-state index is 11.2. The van der Waals surface area contributed by atoms with E-state index in [1.807, 2.05) is 6.92 Å². The van der Waals surface area contributed by atoms with Crippen LogP contribution < -0.4 is 0 Å². The highest BCUT2D eigenvalue weighted by Crippen LogP contribution is 2.28. The number of hydrogen-bond donors (Lipinski definition) is 1. The van der Waals surface area contributed by atoms with Crippen LogP contribution in [0.15, 0.2) is 0 Å². The summed E-state index contributed by atoms with van der Waals surface area (Å²) in [7, 11) is 0. The van der Waals surface area contributed by atoms with E-state index in [0.717, 1.165) is 51.4 Å². The van der Waals surface area contributed by atoms with Crippen LogP contribution in [0.4, 0.5) is 0 Å². The van der Waals surface area contributed by atoms with E-state index >= 15 is 0 Å². The fourth-order valence-electron chi connectivity index (χ4n) is 3.44. The van der Waals surface area contributed by atoms with Gasteiger partial charge in [-0.2, -0.15) is 0 Å². The molecule has 1 N–H and O–H groups in total. The molecule has 0 aliphatic carbocycles. The maximum Gasteiger partial charge on any atom is 0.305 e. The van der Waals surface area contributed by atoms with Gasteiger partial charge in [0.05, 0.1) is 24.9 Å². The molecule has 1 rings (SSSR count). The monoisotopic (exact) mass is 342 g/mol. The SMILES string of the molecule is CCCCCC[C@@H]1C[C@@H](O)[C@@H](CCCCCCCC(=O)OCC)O1. The van der Waals surface area contributed by atoms with Crippen LogP contribution in [0, 0.1) is 0 Å². The molecule has 4 heteroatoms. The molecule has 0 aromatic rings. The number of aliphatic hydroxyl groups is 1. The molecule has 1 aliphatic heterocycles. The molecule has 0 bridgehead atoms. The number of rotatable bonds is 14. The van der Waals surface area contributed by atoms with Crippen molar-refractivity contribution in [2.45, 2.75) is 116 Å². The molecule has 0 spiro atoms. The van der Waals surface area contributed by atoms with Crippen LogP contribution in [0.25, 0.3) is 0 Å². The summed E-state index contributed by atoms with van der Waals surface area (Å²) < 4.78 is 10.9. The van der Waals surface area contributed by atoms with Gasteiger partial charge in [0.2, 0.25) is 0 Å². The molecule has 0 unspecified atom stereocenters. The Labute approximate surface area is 148 Å². The molecule has 4 nitrogen and oxygen atoms in total. The molecule has 0 aromatic carbocycles. The van der Waals surface area contributed by atoms with E-state index in [4.69, 9.17) is 9.47 Å². The molecule has 24 heavy (non-hydrogen) atoms. The Morgan fingerprint density at radius 2 is 1.67 bits per heavy atom. The molecular formula is C20H38O4. The van der Waals surface area contributed by atoms with Crippen molar-refractivity contribution in [2.75, 3.05) is 6.61 Å². The highest BCUT2D eigenvalue weighted by Gasteiger charge is 2.32. The Balaban J connectivity index is 1.98. The first-order chi connectivity index (χ1) is 11.7. The number of hydrogen-bond acceptors (Lipinski definition) is 4. The lowest BCUT2D eigenvalue weighted by atomic mass is 10.0. The van der Waals surface area contributed by atoms with Crippen LogP contribution >= 0.6 is 0 Å². The molecule has 1 aliphatic rings. The highest BCUT2D eigenvalue weighted by atomic mass is 16.5. The molecule has 1 fully saturated rings. The topological polar surface area (TPSA) is 55.8 Å². The van der Waals surface area contributed by atoms with E-state index in [-0.39, 0.29) is 24.3 Å². The zero-order valence-corrected chi connectivity index (χ0v) is 15.8. The van der Waals surface area contributed by atoms with Crippen LogP contribution in [-0.4, -0.2) is 36.0 Å². The third-order valence-corrected chi connectivity index (χ3v) is 4.86. The van der Waals surface area contributed by atoms with Crippen molar-refractivity contribution in [3.8, 4) is 0 Å². The lowest BCUT2D eigenvalue weighted by molar-refractivity contribution is -0.143. The molecule has 0 amide bonds. The standard InChI is InChI=1S/C20H38O4/c1-3-5-6-10-13-17-16-18(21)19(24-17)14-11-8-7-9-12-15-20(22)23-4-2/h17-19,21H,3-16H2,1-2H3/t17-,18-,19-/m1/s1. The first kappa shape index (κ1) is 21.4. The van der Waals surface area contributed by atoms with Gasteiger partial charge >= 0.3 is 5.97 Å². The van der Waals surface area contributed by atoms with E-state index in [1.165, 1.54) is 25.7 Å². The first-order valence-corrected chi connectivity index (χ1v) is 10.2. The average molecular weight is 343 g/mol. The summed E-state index contributed by atoms with van der Waals surface area (Å²) in [5.74, 6) is -0.0787. The Bertz CT molecular complexity index is 319. The van der Waals surface area contributed by atoms with Gasteiger partial charge in [0, 0.05) is 12.8 Å². The van der Waals surface area contributed by atoms with E-state index in [9.17, 15) is 9.90 Å². The van der Waals surface area contributed by atoms with Crippen LogP contribution in [-0.2, 0) is 14.3 Å². The molecule has 0 saturated carbocycles. The summed E-state index contributed by atoms with van der Waals surface area (Å²) in [5, 5.41) is 10.1. The Morgan fingerprint density at radius 3 is 2.42 bits per heavy atom. The first-order valence-electron chi connectivity index (χ1n) is 10.2. The minimum Gasteiger partial charge on any atom is -0.466 e. The Morgan fingerprint density at radius 1 is 1.00 bits per heavy atom. The number of carbonyl (C=O) groups excluding carboxylic acids is 1. The van der Waals surface area contributed by atoms with Crippen molar-refractivity contribution >= 4 is 5.97 Å². The van der Waals surface area contributed by atoms with Crippen LogP contribution in [0.1, 0.15) is 97.3 Å². The van der Waals surface area contributed by atoms with Crippen LogP contribution in [0.2, 0.25) is 0 Å². The molecule has 142 valence electrons. The summed E-state index contributed by atoms with van der Waals surface area (Å²) in [6.45, 7) is 4.54. The molecule has 1 heterocycles. The molecule has 0 radical (unpaired) electrons. The van der Waals surface area contributed by atoms with Crippen molar-refractivity contribution in [3.05, 3.63) is 0 Å². The fraction of sp³-hybridized carbons (Fsp3) is 0.950. The quantitative estimate of drug-likeness (QED) is 0.365. The van der Waals surface area contributed by atoms with Gasteiger partial charge in [0.1, 0.15) is 0 Å². The fourth-order valence-corrected chi connectivity index (χ4v) is 3.44. The summed E-state index contributed by atoms with van der Waals surface area (Å²) in [6, 6.07) is 0. The summed E-state index contributed by atoms with van der Waals surface area (Å²) in [6.07, 6.45) is 13.9. The molecule has 1 saturated heterocycles. The minimum atomic E-state index is -0.273.